The first-order valence-electron chi connectivity index (χ1n) is 4.96. The van der Waals surface area contributed by atoms with Crippen molar-refractivity contribution in [2.75, 3.05) is 6.61 Å². The minimum atomic E-state index is 0.00726. The van der Waals surface area contributed by atoms with Gasteiger partial charge in [-0.1, -0.05) is 0 Å². The summed E-state index contributed by atoms with van der Waals surface area (Å²) in [5.74, 6) is 0.518. The van der Waals surface area contributed by atoms with Crippen LogP contribution in [0.2, 0.25) is 0 Å². The van der Waals surface area contributed by atoms with Gasteiger partial charge in [0.2, 0.25) is 5.88 Å². The largest absolute Gasteiger partial charge is 0.478 e. The number of amidine groups is 1. The van der Waals surface area contributed by atoms with Gasteiger partial charge in [-0.3, -0.25) is 5.41 Å². The second-order valence-electron chi connectivity index (χ2n) is 3.12. The molecule has 0 unspecified atom stereocenters. The first-order chi connectivity index (χ1) is 8.20. The second-order valence-corrected chi connectivity index (χ2v) is 4.15. The topological polar surface area (TPSA) is 97.8 Å². The molecular weight excluding hydrogens is 238 g/mol. The number of nitrogens with one attached hydrogen (secondary N) is 1. The van der Waals surface area contributed by atoms with Crippen molar-refractivity contribution in [2.24, 2.45) is 5.73 Å². The predicted octanol–water partition coefficient (Wildman–Crippen LogP) is 1.28. The van der Waals surface area contributed by atoms with Crippen molar-refractivity contribution in [2.45, 2.75) is 6.92 Å². The molecule has 0 aliphatic rings. The third-order valence-electron chi connectivity index (χ3n) is 1.92. The highest BCUT2D eigenvalue weighted by molar-refractivity contribution is 7.16. The summed E-state index contributed by atoms with van der Waals surface area (Å²) in [5.41, 5.74) is 6.05. The minimum absolute atomic E-state index is 0.00726. The van der Waals surface area contributed by atoms with Crippen LogP contribution in [-0.4, -0.2) is 27.4 Å². The van der Waals surface area contributed by atoms with Crippen LogP contribution in [0.3, 0.4) is 0 Å². The molecule has 2 rings (SSSR count). The number of aromatic nitrogens is 3. The van der Waals surface area contributed by atoms with Crippen molar-refractivity contribution in [3.8, 4) is 16.6 Å². The van der Waals surface area contributed by atoms with Crippen LogP contribution < -0.4 is 10.5 Å². The van der Waals surface area contributed by atoms with E-state index in [-0.39, 0.29) is 5.84 Å². The van der Waals surface area contributed by atoms with Crippen LogP contribution in [0.5, 0.6) is 5.88 Å². The lowest BCUT2D eigenvalue weighted by Gasteiger charge is -2.01. The van der Waals surface area contributed by atoms with E-state index >= 15 is 0 Å². The maximum Gasteiger partial charge on any atom is 0.216 e. The van der Waals surface area contributed by atoms with Crippen LogP contribution in [0.1, 0.15) is 11.8 Å². The molecule has 0 radical (unpaired) electrons. The third kappa shape index (κ3) is 2.56. The Hall–Kier alpha value is -2.02. The molecule has 0 fully saturated rings. The molecule has 6 nitrogen and oxygen atoms in total. The number of rotatable bonds is 4. The zero-order valence-electron chi connectivity index (χ0n) is 9.17. The van der Waals surface area contributed by atoms with Gasteiger partial charge in [0.25, 0.3) is 0 Å². The molecule has 0 amide bonds. The van der Waals surface area contributed by atoms with Gasteiger partial charge in [-0.05, 0) is 6.92 Å². The van der Waals surface area contributed by atoms with E-state index in [9.17, 15) is 0 Å². The fourth-order valence-electron chi connectivity index (χ4n) is 1.20. The molecule has 0 atom stereocenters. The van der Waals surface area contributed by atoms with Gasteiger partial charge < -0.3 is 10.5 Å². The van der Waals surface area contributed by atoms with Gasteiger partial charge in [0.05, 0.1) is 11.5 Å². The van der Waals surface area contributed by atoms with Gasteiger partial charge in [0, 0.05) is 12.3 Å². The fraction of sp³-hybridized carbons (Fsp3) is 0.200. The summed E-state index contributed by atoms with van der Waals surface area (Å²) in [6.07, 6.45) is 2.99. The van der Waals surface area contributed by atoms with Gasteiger partial charge >= 0.3 is 0 Å². The van der Waals surface area contributed by atoms with Gasteiger partial charge in [0.15, 0.2) is 0 Å². The van der Waals surface area contributed by atoms with Crippen molar-refractivity contribution < 1.29 is 4.74 Å². The van der Waals surface area contributed by atoms with E-state index in [1.165, 1.54) is 17.7 Å². The molecule has 0 spiro atoms. The predicted molar refractivity (Wildman–Crippen MR) is 65.3 cm³/mol. The van der Waals surface area contributed by atoms with Crippen LogP contribution in [-0.2, 0) is 0 Å². The number of nitrogen functional groups attached to an aromatic ring is 1. The summed E-state index contributed by atoms with van der Waals surface area (Å²) < 4.78 is 5.28. The average Bonchev–Trinajstić information content (AvgIpc) is 2.79. The highest BCUT2D eigenvalue weighted by atomic mass is 32.1. The lowest BCUT2D eigenvalue weighted by Crippen LogP contribution is -2.08. The molecule has 0 bridgehead atoms. The first-order valence-corrected chi connectivity index (χ1v) is 5.77. The number of ether oxygens (including phenoxy) is 1. The van der Waals surface area contributed by atoms with E-state index in [1.807, 2.05) is 6.92 Å². The first kappa shape index (κ1) is 11.5. The minimum Gasteiger partial charge on any atom is -0.478 e. The molecule has 0 aliphatic carbocycles. The molecule has 0 saturated heterocycles. The average molecular weight is 249 g/mol. The lowest BCUT2D eigenvalue weighted by atomic mass is 10.4. The van der Waals surface area contributed by atoms with Gasteiger partial charge in [0.1, 0.15) is 22.9 Å². The van der Waals surface area contributed by atoms with Gasteiger partial charge in [-0.15, -0.1) is 11.3 Å². The third-order valence-corrected chi connectivity index (χ3v) is 2.98. The molecule has 2 aromatic rings. The van der Waals surface area contributed by atoms with Crippen LogP contribution in [0.25, 0.3) is 10.7 Å². The maximum atomic E-state index is 7.31. The molecule has 0 aliphatic heterocycles. The summed E-state index contributed by atoms with van der Waals surface area (Å²) in [7, 11) is 0. The maximum absolute atomic E-state index is 7.31. The Labute approximate surface area is 102 Å². The van der Waals surface area contributed by atoms with E-state index in [1.54, 1.807) is 12.3 Å². The summed E-state index contributed by atoms with van der Waals surface area (Å²) in [4.78, 5) is 12.9. The van der Waals surface area contributed by atoms with Crippen molar-refractivity contribution in [3.05, 3.63) is 23.5 Å². The number of nitrogens with two attached hydrogens (primary N) is 1. The van der Waals surface area contributed by atoms with Gasteiger partial charge in [-0.2, -0.15) is 0 Å². The zero-order chi connectivity index (χ0) is 12.3. The van der Waals surface area contributed by atoms with E-state index < -0.39 is 0 Å². The Balaban J connectivity index is 2.31. The Morgan fingerprint density at radius 2 is 2.29 bits per heavy atom. The van der Waals surface area contributed by atoms with Crippen LogP contribution in [0.15, 0.2) is 18.6 Å². The zero-order valence-corrected chi connectivity index (χ0v) is 9.99. The van der Waals surface area contributed by atoms with Crippen LogP contribution in [0.4, 0.5) is 0 Å². The molecule has 2 heterocycles. The van der Waals surface area contributed by atoms with Crippen LogP contribution >= 0.6 is 11.3 Å². The monoisotopic (exact) mass is 249 g/mol. The SMILES string of the molecule is CCOc1cc(-c2ncc(C(=N)N)s2)ncn1. The molecule has 0 saturated carbocycles. The molecule has 88 valence electrons. The highest BCUT2D eigenvalue weighted by Crippen LogP contribution is 2.24. The Morgan fingerprint density at radius 3 is 2.94 bits per heavy atom. The van der Waals surface area contributed by atoms with E-state index in [4.69, 9.17) is 15.9 Å². The number of nitrogens with zero attached hydrogens (tertiary/aromatic N) is 3. The van der Waals surface area contributed by atoms with Crippen molar-refractivity contribution >= 4 is 17.2 Å². The summed E-state index contributed by atoms with van der Waals surface area (Å²) in [6.45, 7) is 2.44. The molecule has 7 heteroatoms. The van der Waals surface area contributed by atoms with Crippen molar-refractivity contribution in [1.82, 2.24) is 15.0 Å². The van der Waals surface area contributed by atoms with Crippen molar-refractivity contribution in [3.63, 3.8) is 0 Å². The van der Waals surface area contributed by atoms with E-state index in [0.29, 0.717) is 28.1 Å². The summed E-state index contributed by atoms with van der Waals surface area (Å²) in [5, 5.41) is 8.00. The molecule has 3 N–H and O–H groups in total. The Kier molecular flexibility index (Phi) is 3.29. The normalized spacial score (nSPS) is 10.2. The number of hydrogen-bond acceptors (Lipinski definition) is 6. The van der Waals surface area contributed by atoms with Crippen LogP contribution in [0, 0.1) is 5.41 Å². The number of hydrogen-bond donors (Lipinski definition) is 2. The summed E-state index contributed by atoms with van der Waals surface area (Å²) in [6, 6.07) is 1.71. The molecular formula is C10H11N5OS. The van der Waals surface area contributed by atoms with Crippen molar-refractivity contribution in [1.29, 1.82) is 5.41 Å². The standard InChI is InChI=1S/C10H11N5OS/c1-2-16-8-3-6(14-5-15-8)10-13-4-7(17-10)9(11)12/h3-5H,2H2,1H3,(H3,11,12). The lowest BCUT2D eigenvalue weighted by molar-refractivity contribution is 0.326. The quantitative estimate of drug-likeness (QED) is 0.628. The molecule has 0 aromatic carbocycles. The molecule has 2 aromatic heterocycles. The second kappa shape index (κ2) is 4.88. The van der Waals surface area contributed by atoms with E-state index in [2.05, 4.69) is 15.0 Å². The molecule has 17 heavy (non-hydrogen) atoms. The highest BCUT2D eigenvalue weighted by Gasteiger charge is 2.09. The smallest absolute Gasteiger partial charge is 0.216 e. The van der Waals surface area contributed by atoms with E-state index in [0.717, 1.165) is 0 Å². The summed E-state index contributed by atoms with van der Waals surface area (Å²) >= 11 is 1.31. The Morgan fingerprint density at radius 1 is 1.47 bits per heavy atom. The fourth-order valence-corrected chi connectivity index (χ4v) is 1.95. The Bertz CT molecular complexity index is 539. The number of thiazole rings is 1. The van der Waals surface area contributed by atoms with Gasteiger partial charge in [-0.25, -0.2) is 15.0 Å².